The van der Waals surface area contributed by atoms with Crippen molar-refractivity contribution in [3.63, 3.8) is 0 Å². The minimum absolute atomic E-state index is 0.0886. The van der Waals surface area contributed by atoms with Gasteiger partial charge in [0.15, 0.2) is 0 Å². The summed E-state index contributed by atoms with van der Waals surface area (Å²) < 4.78 is 13.0. The number of phenols is 1. The van der Waals surface area contributed by atoms with E-state index >= 15 is 0 Å². The molecule has 3 nitrogen and oxygen atoms in total. The number of phenolic OH excluding ortho intramolecular Hbond substituents is 1. The monoisotopic (exact) mass is 271 g/mol. The van der Waals surface area contributed by atoms with E-state index < -0.39 is 0 Å². The third kappa shape index (κ3) is 2.03. The predicted molar refractivity (Wildman–Crippen MR) is 73.0 cm³/mol. The minimum atomic E-state index is -0.288. The molecule has 0 aliphatic carbocycles. The van der Waals surface area contributed by atoms with Crippen LogP contribution in [0.4, 0.5) is 4.39 Å². The number of likely N-dealkylation sites (N-methyl/N-ethyl adjacent to an activating group) is 1. The molecule has 102 valence electrons. The number of amides is 1. The quantitative estimate of drug-likeness (QED) is 0.866. The molecule has 0 aromatic heterocycles. The average Bonchev–Trinajstić information content (AvgIpc) is 2.44. The van der Waals surface area contributed by atoms with Crippen LogP contribution in [0.3, 0.4) is 0 Å². The SMILES string of the molecule is CN1C(=O)c2cc(O)ccc2CC1c1ccc(F)cc1. The molecular weight excluding hydrogens is 257 g/mol. The van der Waals surface area contributed by atoms with Crippen LogP contribution in [-0.4, -0.2) is 23.0 Å². The molecule has 1 atom stereocenters. The van der Waals surface area contributed by atoms with Gasteiger partial charge in [0.2, 0.25) is 0 Å². The van der Waals surface area contributed by atoms with E-state index in [9.17, 15) is 14.3 Å². The number of rotatable bonds is 1. The van der Waals surface area contributed by atoms with E-state index in [0.29, 0.717) is 12.0 Å². The Hall–Kier alpha value is -2.36. The first-order valence-corrected chi connectivity index (χ1v) is 6.41. The summed E-state index contributed by atoms with van der Waals surface area (Å²) in [5.74, 6) is -0.328. The Morgan fingerprint density at radius 2 is 1.90 bits per heavy atom. The lowest BCUT2D eigenvalue weighted by Gasteiger charge is -2.34. The van der Waals surface area contributed by atoms with E-state index in [4.69, 9.17) is 0 Å². The molecule has 1 amide bonds. The number of hydrogen-bond donors (Lipinski definition) is 1. The largest absolute Gasteiger partial charge is 0.508 e. The van der Waals surface area contributed by atoms with Crippen LogP contribution in [0, 0.1) is 5.82 Å². The number of benzene rings is 2. The number of carbonyl (C=O) groups excluding carboxylic acids is 1. The Morgan fingerprint density at radius 1 is 1.20 bits per heavy atom. The van der Waals surface area contributed by atoms with Gasteiger partial charge in [0, 0.05) is 12.6 Å². The number of hydrogen-bond acceptors (Lipinski definition) is 2. The molecular formula is C16H14FNO2. The molecule has 1 N–H and O–H groups in total. The Balaban J connectivity index is 2.02. The molecule has 3 rings (SSSR count). The third-order valence-electron chi connectivity index (χ3n) is 3.78. The van der Waals surface area contributed by atoms with Gasteiger partial charge in [-0.2, -0.15) is 0 Å². The highest BCUT2D eigenvalue weighted by Gasteiger charge is 2.30. The van der Waals surface area contributed by atoms with Crippen LogP contribution in [-0.2, 0) is 6.42 Å². The van der Waals surface area contributed by atoms with Crippen molar-refractivity contribution in [2.75, 3.05) is 7.05 Å². The van der Waals surface area contributed by atoms with Crippen LogP contribution >= 0.6 is 0 Å². The van der Waals surface area contributed by atoms with Gasteiger partial charge in [-0.25, -0.2) is 4.39 Å². The van der Waals surface area contributed by atoms with E-state index in [-0.39, 0.29) is 23.5 Å². The molecule has 0 bridgehead atoms. The summed E-state index contributed by atoms with van der Waals surface area (Å²) in [6.45, 7) is 0. The van der Waals surface area contributed by atoms with Gasteiger partial charge in [0.1, 0.15) is 11.6 Å². The van der Waals surface area contributed by atoms with Gasteiger partial charge in [0.25, 0.3) is 5.91 Å². The van der Waals surface area contributed by atoms with Gasteiger partial charge in [0.05, 0.1) is 6.04 Å². The van der Waals surface area contributed by atoms with E-state index in [1.165, 1.54) is 18.2 Å². The van der Waals surface area contributed by atoms with Crippen LogP contribution in [0.5, 0.6) is 5.75 Å². The van der Waals surface area contributed by atoms with Gasteiger partial charge in [-0.05, 0) is 41.8 Å². The first-order valence-electron chi connectivity index (χ1n) is 6.41. The molecule has 0 spiro atoms. The van der Waals surface area contributed by atoms with Crippen molar-refractivity contribution >= 4 is 5.91 Å². The standard InChI is InChI=1S/C16H14FNO2/c1-18-15(10-2-5-12(17)6-3-10)8-11-4-7-13(19)9-14(11)16(18)20/h2-7,9,15,19H,8H2,1H3. The van der Waals surface area contributed by atoms with Crippen molar-refractivity contribution in [1.82, 2.24) is 4.90 Å². The molecule has 20 heavy (non-hydrogen) atoms. The topological polar surface area (TPSA) is 40.5 Å². The summed E-state index contributed by atoms with van der Waals surface area (Å²) in [6.07, 6.45) is 0.656. The van der Waals surface area contributed by atoms with Crippen molar-refractivity contribution < 1.29 is 14.3 Å². The highest BCUT2D eigenvalue weighted by atomic mass is 19.1. The Bertz CT molecular complexity index is 667. The lowest BCUT2D eigenvalue weighted by Crippen LogP contribution is -2.37. The second kappa shape index (κ2) is 4.63. The predicted octanol–water partition coefficient (Wildman–Crippen LogP) is 2.90. The molecule has 1 aliphatic rings. The second-order valence-electron chi connectivity index (χ2n) is 5.03. The van der Waals surface area contributed by atoms with Gasteiger partial charge < -0.3 is 10.0 Å². The maximum atomic E-state index is 13.0. The van der Waals surface area contributed by atoms with Crippen LogP contribution < -0.4 is 0 Å². The summed E-state index contributed by atoms with van der Waals surface area (Å²) in [5.41, 5.74) is 2.34. The molecule has 2 aromatic carbocycles. The second-order valence-corrected chi connectivity index (χ2v) is 5.03. The molecule has 1 unspecified atom stereocenters. The van der Waals surface area contributed by atoms with E-state index in [1.54, 1.807) is 36.2 Å². The fourth-order valence-corrected chi connectivity index (χ4v) is 2.64. The number of carbonyl (C=O) groups is 1. The van der Waals surface area contributed by atoms with Crippen molar-refractivity contribution in [3.05, 3.63) is 65.0 Å². The fraction of sp³-hybridized carbons (Fsp3) is 0.188. The summed E-state index contributed by atoms with van der Waals surface area (Å²) >= 11 is 0. The molecule has 0 radical (unpaired) electrons. The zero-order valence-corrected chi connectivity index (χ0v) is 11.0. The highest BCUT2D eigenvalue weighted by molar-refractivity contribution is 5.97. The Morgan fingerprint density at radius 3 is 2.60 bits per heavy atom. The average molecular weight is 271 g/mol. The van der Waals surface area contributed by atoms with Crippen LogP contribution in [0.1, 0.15) is 27.5 Å². The summed E-state index contributed by atoms with van der Waals surface area (Å²) in [4.78, 5) is 14.0. The van der Waals surface area contributed by atoms with Crippen molar-refractivity contribution in [1.29, 1.82) is 0 Å². The minimum Gasteiger partial charge on any atom is -0.508 e. The van der Waals surface area contributed by atoms with Crippen molar-refractivity contribution in [3.8, 4) is 5.75 Å². The lowest BCUT2D eigenvalue weighted by molar-refractivity contribution is 0.0705. The van der Waals surface area contributed by atoms with Crippen molar-refractivity contribution in [2.45, 2.75) is 12.5 Å². The Kier molecular flexibility index (Phi) is 2.93. The van der Waals surface area contributed by atoms with Gasteiger partial charge in [-0.1, -0.05) is 18.2 Å². The molecule has 1 heterocycles. The molecule has 0 saturated heterocycles. The molecule has 0 fully saturated rings. The zero-order valence-electron chi connectivity index (χ0n) is 11.0. The maximum Gasteiger partial charge on any atom is 0.254 e. The van der Waals surface area contributed by atoms with E-state index in [1.807, 2.05) is 0 Å². The van der Waals surface area contributed by atoms with Gasteiger partial charge in [-0.3, -0.25) is 4.79 Å². The third-order valence-corrected chi connectivity index (χ3v) is 3.78. The Labute approximate surface area is 116 Å². The van der Waals surface area contributed by atoms with E-state index in [0.717, 1.165) is 11.1 Å². The van der Waals surface area contributed by atoms with Crippen molar-refractivity contribution in [2.24, 2.45) is 0 Å². The van der Waals surface area contributed by atoms with Gasteiger partial charge >= 0.3 is 0 Å². The summed E-state index contributed by atoms with van der Waals surface area (Å²) in [5, 5.41) is 9.49. The molecule has 2 aromatic rings. The first-order chi connectivity index (χ1) is 9.56. The summed E-state index contributed by atoms with van der Waals surface area (Å²) in [7, 11) is 1.73. The van der Waals surface area contributed by atoms with Gasteiger partial charge in [-0.15, -0.1) is 0 Å². The number of nitrogens with zero attached hydrogens (tertiary/aromatic N) is 1. The van der Waals surface area contributed by atoms with Crippen LogP contribution in [0.2, 0.25) is 0 Å². The fourth-order valence-electron chi connectivity index (χ4n) is 2.64. The van der Waals surface area contributed by atoms with E-state index in [2.05, 4.69) is 0 Å². The first kappa shape index (κ1) is 12.7. The highest BCUT2D eigenvalue weighted by Crippen LogP contribution is 2.33. The van der Waals surface area contributed by atoms with Crippen LogP contribution in [0.15, 0.2) is 42.5 Å². The maximum absolute atomic E-state index is 13.0. The smallest absolute Gasteiger partial charge is 0.254 e. The normalized spacial score (nSPS) is 18.0. The number of fused-ring (bicyclic) bond motifs is 1. The number of halogens is 1. The zero-order chi connectivity index (χ0) is 14.3. The lowest BCUT2D eigenvalue weighted by atomic mass is 9.89. The summed E-state index contributed by atoms with van der Waals surface area (Å²) in [6, 6.07) is 10.9. The number of aromatic hydroxyl groups is 1. The molecule has 1 aliphatic heterocycles. The molecule has 4 heteroatoms. The molecule has 0 saturated carbocycles. The van der Waals surface area contributed by atoms with Crippen LogP contribution in [0.25, 0.3) is 0 Å².